The van der Waals surface area contributed by atoms with Gasteiger partial charge in [-0.15, -0.1) is 0 Å². The van der Waals surface area contributed by atoms with Crippen LogP contribution >= 0.6 is 0 Å². The number of anilines is 1. The van der Waals surface area contributed by atoms with Crippen LogP contribution in [-0.4, -0.2) is 53.0 Å². The quantitative estimate of drug-likeness (QED) is 0.535. The Morgan fingerprint density at radius 3 is 2.59 bits per heavy atom. The van der Waals surface area contributed by atoms with E-state index in [1.54, 1.807) is 27.8 Å². The van der Waals surface area contributed by atoms with E-state index in [1.165, 1.54) is 4.31 Å². The van der Waals surface area contributed by atoms with E-state index in [0.29, 0.717) is 31.1 Å². The van der Waals surface area contributed by atoms with E-state index in [2.05, 4.69) is 5.10 Å². The van der Waals surface area contributed by atoms with E-state index in [9.17, 15) is 13.2 Å². The molecule has 3 aromatic rings. The van der Waals surface area contributed by atoms with Gasteiger partial charge in [0.1, 0.15) is 0 Å². The van der Waals surface area contributed by atoms with Crippen molar-refractivity contribution in [2.45, 2.75) is 57.3 Å². The zero-order valence-corrected chi connectivity index (χ0v) is 21.0. The van der Waals surface area contributed by atoms with Crippen molar-refractivity contribution in [3.8, 4) is 0 Å². The van der Waals surface area contributed by atoms with Gasteiger partial charge in [0, 0.05) is 44.0 Å². The molecule has 1 fully saturated rings. The van der Waals surface area contributed by atoms with Crippen molar-refractivity contribution >= 4 is 32.7 Å². The molecule has 3 heterocycles. The van der Waals surface area contributed by atoms with Gasteiger partial charge < -0.3 is 4.90 Å². The SMILES string of the molecule is CCN(CC)S(=O)(=O)c1ccc2c(c1)CCCN2C(=O)c1cc(C2CC2)nc2c1c(C)nn2C. The molecule has 2 aliphatic rings. The fourth-order valence-corrected chi connectivity index (χ4v) is 6.53. The number of carbonyl (C=O) groups is 1. The van der Waals surface area contributed by atoms with Crippen molar-refractivity contribution in [2.75, 3.05) is 24.5 Å². The smallest absolute Gasteiger partial charge is 0.259 e. The number of rotatable bonds is 6. The maximum Gasteiger partial charge on any atom is 0.259 e. The van der Waals surface area contributed by atoms with Crippen LogP contribution in [0.1, 0.15) is 66.3 Å². The first-order valence-electron chi connectivity index (χ1n) is 12.1. The summed E-state index contributed by atoms with van der Waals surface area (Å²) in [5.41, 5.74) is 4.79. The first kappa shape index (κ1) is 23.0. The third-order valence-corrected chi connectivity index (χ3v) is 9.02. The molecule has 0 spiro atoms. The number of aromatic nitrogens is 3. The minimum atomic E-state index is -3.55. The van der Waals surface area contributed by atoms with Gasteiger partial charge in [-0.3, -0.25) is 9.48 Å². The molecule has 1 aromatic carbocycles. The average Bonchev–Trinajstić information content (AvgIpc) is 3.64. The van der Waals surface area contributed by atoms with Crippen LogP contribution in [0.15, 0.2) is 29.2 Å². The number of pyridine rings is 1. The van der Waals surface area contributed by atoms with Gasteiger partial charge in [-0.25, -0.2) is 13.4 Å². The molecule has 0 unspecified atom stereocenters. The average molecular weight is 482 g/mol. The summed E-state index contributed by atoms with van der Waals surface area (Å²) in [5, 5.41) is 5.32. The highest BCUT2D eigenvalue weighted by atomic mass is 32.2. The number of fused-ring (bicyclic) bond motifs is 2. The molecule has 2 aromatic heterocycles. The summed E-state index contributed by atoms with van der Waals surface area (Å²) >= 11 is 0. The van der Waals surface area contributed by atoms with Crippen LogP contribution in [0, 0.1) is 6.92 Å². The zero-order chi connectivity index (χ0) is 24.2. The highest BCUT2D eigenvalue weighted by molar-refractivity contribution is 7.89. The number of aryl methyl sites for hydroxylation is 3. The summed E-state index contributed by atoms with van der Waals surface area (Å²) in [4.78, 5) is 20.9. The van der Waals surface area contributed by atoms with Gasteiger partial charge in [0.25, 0.3) is 5.91 Å². The van der Waals surface area contributed by atoms with E-state index in [-0.39, 0.29) is 10.8 Å². The molecule has 1 saturated carbocycles. The fourth-order valence-electron chi connectivity index (χ4n) is 5.02. The molecule has 180 valence electrons. The molecule has 0 bridgehead atoms. The van der Waals surface area contributed by atoms with Crippen molar-refractivity contribution in [1.29, 1.82) is 0 Å². The summed E-state index contributed by atoms with van der Waals surface area (Å²) in [7, 11) is -1.69. The Hall–Kier alpha value is -2.78. The number of amides is 1. The van der Waals surface area contributed by atoms with Crippen molar-refractivity contribution in [3.63, 3.8) is 0 Å². The van der Waals surface area contributed by atoms with Crippen molar-refractivity contribution in [2.24, 2.45) is 7.05 Å². The molecule has 0 atom stereocenters. The summed E-state index contributed by atoms with van der Waals surface area (Å²) in [6.45, 7) is 7.03. The molecule has 1 aliphatic heterocycles. The van der Waals surface area contributed by atoms with E-state index in [1.807, 2.05) is 33.9 Å². The normalized spacial score (nSPS) is 16.3. The maximum absolute atomic E-state index is 14.0. The van der Waals surface area contributed by atoms with Gasteiger partial charge >= 0.3 is 0 Å². The van der Waals surface area contributed by atoms with Gasteiger partial charge in [-0.2, -0.15) is 9.40 Å². The largest absolute Gasteiger partial charge is 0.308 e. The predicted octanol–water partition coefficient (Wildman–Crippen LogP) is 3.78. The summed E-state index contributed by atoms with van der Waals surface area (Å²) in [6, 6.07) is 7.12. The van der Waals surface area contributed by atoms with Crippen molar-refractivity contribution < 1.29 is 13.2 Å². The van der Waals surface area contributed by atoms with Crippen LogP contribution in [0.3, 0.4) is 0 Å². The number of sulfonamides is 1. The second kappa shape index (κ2) is 8.46. The Morgan fingerprint density at radius 2 is 1.91 bits per heavy atom. The lowest BCUT2D eigenvalue weighted by Gasteiger charge is -2.30. The van der Waals surface area contributed by atoms with Crippen LogP contribution in [0.2, 0.25) is 0 Å². The molecular formula is C25H31N5O3S. The summed E-state index contributed by atoms with van der Waals surface area (Å²) < 4.78 is 29.3. The van der Waals surface area contributed by atoms with Crippen molar-refractivity contribution in [1.82, 2.24) is 19.1 Å². The molecule has 0 radical (unpaired) electrons. The van der Waals surface area contributed by atoms with Crippen LogP contribution in [0.25, 0.3) is 11.0 Å². The lowest BCUT2D eigenvalue weighted by Crippen LogP contribution is -2.36. The Balaban J connectivity index is 1.57. The van der Waals surface area contributed by atoms with E-state index in [4.69, 9.17) is 4.98 Å². The molecule has 0 saturated heterocycles. The third kappa shape index (κ3) is 3.71. The highest BCUT2D eigenvalue weighted by Gasteiger charge is 2.32. The van der Waals surface area contributed by atoms with Gasteiger partial charge in [0.2, 0.25) is 10.0 Å². The van der Waals surface area contributed by atoms with Crippen molar-refractivity contribution in [3.05, 3.63) is 46.8 Å². The van der Waals surface area contributed by atoms with Crippen LogP contribution in [0.4, 0.5) is 5.69 Å². The van der Waals surface area contributed by atoms with Gasteiger partial charge in [0.15, 0.2) is 5.65 Å². The first-order chi connectivity index (χ1) is 16.3. The van der Waals surface area contributed by atoms with Gasteiger partial charge in [-0.05, 0) is 62.4 Å². The lowest BCUT2D eigenvalue weighted by atomic mass is 9.99. The second-order valence-electron chi connectivity index (χ2n) is 9.22. The first-order valence-corrected chi connectivity index (χ1v) is 13.5. The standard InChI is InChI=1S/C25H31N5O3S/c1-5-29(6-2)34(32,33)19-11-12-22-18(14-19)8-7-13-30(22)25(31)20-15-21(17-9-10-17)26-24-23(20)16(3)27-28(24)4/h11-12,14-15,17H,5-10,13H2,1-4H3. The number of carbonyl (C=O) groups excluding carboxylic acids is 1. The molecule has 5 rings (SSSR count). The second-order valence-corrected chi connectivity index (χ2v) is 11.2. The lowest BCUT2D eigenvalue weighted by molar-refractivity contribution is 0.0986. The van der Waals surface area contributed by atoms with Gasteiger partial charge in [0.05, 0.1) is 21.5 Å². The number of nitrogens with zero attached hydrogens (tertiary/aromatic N) is 5. The topological polar surface area (TPSA) is 88.4 Å². The number of hydrogen-bond donors (Lipinski definition) is 0. The number of benzene rings is 1. The molecule has 9 heteroatoms. The summed E-state index contributed by atoms with van der Waals surface area (Å²) in [6.07, 6.45) is 3.72. The van der Waals surface area contributed by atoms with Crippen LogP contribution in [-0.2, 0) is 23.5 Å². The molecule has 8 nitrogen and oxygen atoms in total. The van der Waals surface area contributed by atoms with Gasteiger partial charge in [-0.1, -0.05) is 13.8 Å². The molecule has 34 heavy (non-hydrogen) atoms. The minimum absolute atomic E-state index is 0.0781. The molecule has 0 N–H and O–H groups in total. The molecular weight excluding hydrogens is 450 g/mol. The van der Waals surface area contributed by atoms with Crippen LogP contribution < -0.4 is 4.90 Å². The Morgan fingerprint density at radius 1 is 1.18 bits per heavy atom. The van der Waals surface area contributed by atoms with E-state index < -0.39 is 10.0 Å². The highest BCUT2D eigenvalue weighted by Crippen LogP contribution is 2.41. The van der Waals surface area contributed by atoms with E-state index >= 15 is 0 Å². The summed E-state index contributed by atoms with van der Waals surface area (Å²) in [5.74, 6) is 0.332. The predicted molar refractivity (Wildman–Crippen MR) is 132 cm³/mol. The zero-order valence-electron chi connectivity index (χ0n) is 20.2. The Bertz CT molecular complexity index is 1390. The monoisotopic (exact) mass is 481 g/mol. The minimum Gasteiger partial charge on any atom is -0.308 e. The maximum atomic E-state index is 14.0. The molecule has 1 amide bonds. The Kier molecular flexibility index (Phi) is 5.72. The Labute approximate surface area is 200 Å². The van der Waals surface area contributed by atoms with E-state index in [0.717, 1.165) is 59.4 Å². The van der Waals surface area contributed by atoms with Crippen LogP contribution in [0.5, 0.6) is 0 Å². The third-order valence-electron chi connectivity index (χ3n) is 6.97. The number of hydrogen-bond acceptors (Lipinski definition) is 5. The fraction of sp³-hybridized carbons (Fsp3) is 0.480. The molecule has 1 aliphatic carbocycles.